The molecule has 1 aromatic heterocycles. The Hall–Kier alpha value is -2.92. The van der Waals surface area contributed by atoms with Crippen LogP contribution >= 0.6 is 0 Å². The van der Waals surface area contributed by atoms with Gasteiger partial charge in [-0.05, 0) is 61.7 Å². The largest absolute Gasteiger partial charge is 0.494 e. The molecule has 1 aliphatic heterocycles. The highest BCUT2D eigenvalue weighted by Gasteiger charge is 2.31. The van der Waals surface area contributed by atoms with E-state index in [2.05, 4.69) is 34.1 Å². The molecule has 0 bridgehead atoms. The van der Waals surface area contributed by atoms with Crippen LogP contribution in [0, 0.1) is 5.92 Å². The molecule has 2 atom stereocenters. The predicted octanol–water partition coefficient (Wildman–Crippen LogP) is 4.52. The Morgan fingerprint density at radius 3 is 2.76 bits per heavy atom. The standard InChI is InChI=1S/C24H26N2O3/c1-2-29-21-11-9-17(10-12-21)23(26-13-5-7-19(16-26)24(27)28)20-14-18-6-3-4-8-22(18)25-15-20/h3-4,6,8-12,14-15,19,23H,2,5,7,13,16H2,1H3,(H,27,28). The minimum absolute atomic E-state index is 0.0371. The second kappa shape index (κ2) is 8.62. The number of ether oxygens (including phenoxy) is 1. The van der Waals surface area contributed by atoms with Crippen LogP contribution in [0.5, 0.6) is 5.75 Å². The van der Waals surface area contributed by atoms with Crippen molar-refractivity contribution in [3.05, 3.63) is 71.9 Å². The third-order valence-corrected chi connectivity index (χ3v) is 5.60. The third kappa shape index (κ3) is 4.25. The summed E-state index contributed by atoms with van der Waals surface area (Å²) < 4.78 is 5.59. The van der Waals surface area contributed by atoms with Crippen LogP contribution in [0.25, 0.3) is 10.9 Å². The van der Waals surface area contributed by atoms with E-state index >= 15 is 0 Å². The van der Waals surface area contributed by atoms with Crippen LogP contribution in [0.4, 0.5) is 0 Å². The molecule has 0 radical (unpaired) electrons. The third-order valence-electron chi connectivity index (χ3n) is 5.60. The Morgan fingerprint density at radius 2 is 2.00 bits per heavy atom. The van der Waals surface area contributed by atoms with Gasteiger partial charge in [-0.25, -0.2) is 0 Å². The summed E-state index contributed by atoms with van der Waals surface area (Å²) in [5, 5.41) is 10.7. The highest BCUT2D eigenvalue weighted by Crippen LogP contribution is 2.34. The summed E-state index contributed by atoms with van der Waals surface area (Å²) in [6.45, 7) is 4.01. The Labute approximate surface area is 170 Å². The summed E-state index contributed by atoms with van der Waals surface area (Å²) in [6.07, 6.45) is 3.54. The normalized spacial score (nSPS) is 18.4. The molecule has 4 rings (SSSR count). The highest BCUT2D eigenvalue weighted by molar-refractivity contribution is 5.79. The summed E-state index contributed by atoms with van der Waals surface area (Å²) >= 11 is 0. The number of carboxylic acids is 1. The Morgan fingerprint density at radius 1 is 1.21 bits per heavy atom. The zero-order valence-electron chi connectivity index (χ0n) is 16.6. The number of hydrogen-bond acceptors (Lipinski definition) is 4. The molecule has 29 heavy (non-hydrogen) atoms. The monoisotopic (exact) mass is 390 g/mol. The number of para-hydroxylation sites is 1. The van der Waals surface area contributed by atoms with Crippen LogP contribution in [0.15, 0.2) is 60.8 Å². The van der Waals surface area contributed by atoms with Gasteiger partial charge in [-0.1, -0.05) is 30.3 Å². The van der Waals surface area contributed by atoms with E-state index in [9.17, 15) is 9.90 Å². The van der Waals surface area contributed by atoms with Crippen LogP contribution in [0.2, 0.25) is 0 Å². The minimum atomic E-state index is -0.711. The van der Waals surface area contributed by atoms with E-state index in [1.165, 1.54) is 0 Å². The van der Waals surface area contributed by atoms with Crippen molar-refractivity contribution in [2.24, 2.45) is 5.92 Å². The minimum Gasteiger partial charge on any atom is -0.494 e. The number of pyridine rings is 1. The molecule has 0 spiro atoms. The number of carboxylic acid groups (broad SMARTS) is 1. The van der Waals surface area contributed by atoms with E-state index < -0.39 is 5.97 Å². The molecule has 2 heterocycles. The van der Waals surface area contributed by atoms with Crippen molar-refractivity contribution >= 4 is 16.9 Å². The molecule has 2 aromatic carbocycles. The van der Waals surface area contributed by atoms with Gasteiger partial charge in [0.15, 0.2) is 0 Å². The van der Waals surface area contributed by atoms with E-state index in [0.29, 0.717) is 13.2 Å². The van der Waals surface area contributed by atoms with Crippen molar-refractivity contribution in [2.75, 3.05) is 19.7 Å². The lowest BCUT2D eigenvalue weighted by Gasteiger charge is -2.37. The molecule has 3 aromatic rings. The van der Waals surface area contributed by atoms with Gasteiger partial charge in [0.25, 0.3) is 0 Å². The van der Waals surface area contributed by atoms with Gasteiger partial charge in [-0.15, -0.1) is 0 Å². The molecular weight excluding hydrogens is 364 g/mol. The molecule has 5 heteroatoms. The molecule has 0 saturated carbocycles. The number of hydrogen-bond donors (Lipinski definition) is 1. The number of aromatic nitrogens is 1. The highest BCUT2D eigenvalue weighted by atomic mass is 16.5. The number of carbonyl (C=O) groups is 1. The van der Waals surface area contributed by atoms with Gasteiger partial charge in [0, 0.05) is 18.1 Å². The van der Waals surface area contributed by atoms with Gasteiger partial charge in [-0.2, -0.15) is 0 Å². The second-order valence-corrected chi connectivity index (χ2v) is 7.54. The zero-order chi connectivity index (χ0) is 20.2. The summed E-state index contributed by atoms with van der Waals surface area (Å²) in [6, 6.07) is 18.3. The van der Waals surface area contributed by atoms with Crippen LogP contribution in [0.1, 0.15) is 36.9 Å². The Kier molecular flexibility index (Phi) is 5.76. The summed E-state index contributed by atoms with van der Waals surface area (Å²) in [7, 11) is 0. The number of piperidine rings is 1. The van der Waals surface area contributed by atoms with Gasteiger partial charge >= 0.3 is 5.97 Å². The van der Waals surface area contributed by atoms with Crippen LogP contribution in [-0.4, -0.2) is 40.7 Å². The van der Waals surface area contributed by atoms with E-state index in [0.717, 1.165) is 47.2 Å². The fraction of sp³-hybridized carbons (Fsp3) is 0.333. The first-order valence-electron chi connectivity index (χ1n) is 10.2. The number of rotatable bonds is 6. The van der Waals surface area contributed by atoms with Crippen molar-refractivity contribution < 1.29 is 14.6 Å². The fourth-order valence-corrected chi connectivity index (χ4v) is 4.21. The second-order valence-electron chi connectivity index (χ2n) is 7.54. The van der Waals surface area contributed by atoms with E-state index in [1.54, 1.807) is 0 Å². The van der Waals surface area contributed by atoms with Gasteiger partial charge < -0.3 is 9.84 Å². The number of fused-ring (bicyclic) bond motifs is 1. The lowest BCUT2D eigenvalue weighted by molar-refractivity contribution is -0.143. The summed E-state index contributed by atoms with van der Waals surface area (Å²) in [4.78, 5) is 18.6. The SMILES string of the molecule is CCOc1ccc(C(c2cnc3ccccc3c2)N2CCCC(C(=O)O)C2)cc1. The average Bonchev–Trinajstić information content (AvgIpc) is 2.75. The maximum absolute atomic E-state index is 11.6. The molecule has 150 valence electrons. The molecular formula is C24H26N2O3. The first-order chi connectivity index (χ1) is 14.2. The Bertz CT molecular complexity index is 987. The predicted molar refractivity (Wildman–Crippen MR) is 113 cm³/mol. The number of aliphatic carboxylic acids is 1. The average molecular weight is 390 g/mol. The maximum Gasteiger partial charge on any atom is 0.307 e. The molecule has 1 aliphatic rings. The van der Waals surface area contributed by atoms with Gasteiger partial charge in [0.2, 0.25) is 0 Å². The maximum atomic E-state index is 11.6. The van der Waals surface area contributed by atoms with E-state index in [1.807, 2.05) is 43.5 Å². The van der Waals surface area contributed by atoms with Crippen molar-refractivity contribution in [2.45, 2.75) is 25.8 Å². The van der Waals surface area contributed by atoms with Crippen LogP contribution in [-0.2, 0) is 4.79 Å². The molecule has 1 fully saturated rings. The van der Waals surface area contributed by atoms with Crippen molar-refractivity contribution in [1.29, 1.82) is 0 Å². The molecule has 5 nitrogen and oxygen atoms in total. The van der Waals surface area contributed by atoms with Gasteiger partial charge in [0.05, 0.1) is 24.1 Å². The molecule has 1 N–H and O–H groups in total. The van der Waals surface area contributed by atoms with Crippen molar-refractivity contribution in [3.8, 4) is 5.75 Å². The molecule has 2 unspecified atom stereocenters. The molecule has 0 amide bonds. The first-order valence-corrected chi connectivity index (χ1v) is 10.2. The number of likely N-dealkylation sites (tertiary alicyclic amines) is 1. The quantitative estimate of drug-likeness (QED) is 0.670. The summed E-state index contributed by atoms with van der Waals surface area (Å²) in [5.74, 6) is -0.201. The Balaban J connectivity index is 1.74. The van der Waals surface area contributed by atoms with Crippen molar-refractivity contribution in [3.63, 3.8) is 0 Å². The fourth-order valence-electron chi connectivity index (χ4n) is 4.21. The smallest absolute Gasteiger partial charge is 0.307 e. The molecule has 1 saturated heterocycles. The van der Waals surface area contributed by atoms with E-state index in [4.69, 9.17) is 4.74 Å². The zero-order valence-corrected chi connectivity index (χ0v) is 16.6. The topological polar surface area (TPSA) is 62.7 Å². The van der Waals surface area contributed by atoms with Crippen molar-refractivity contribution in [1.82, 2.24) is 9.88 Å². The number of nitrogens with zero attached hydrogens (tertiary/aromatic N) is 2. The lowest BCUT2D eigenvalue weighted by Crippen LogP contribution is -2.41. The lowest BCUT2D eigenvalue weighted by atomic mass is 9.91. The summed E-state index contributed by atoms with van der Waals surface area (Å²) in [5.41, 5.74) is 3.17. The first kappa shape index (κ1) is 19.4. The van der Waals surface area contributed by atoms with Gasteiger partial charge in [-0.3, -0.25) is 14.7 Å². The van der Waals surface area contributed by atoms with Crippen LogP contribution in [0.3, 0.4) is 0 Å². The van der Waals surface area contributed by atoms with Crippen LogP contribution < -0.4 is 4.74 Å². The van der Waals surface area contributed by atoms with E-state index in [-0.39, 0.29) is 12.0 Å². The van der Waals surface area contributed by atoms with Gasteiger partial charge in [0.1, 0.15) is 5.75 Å². The number of benzene rings is 2. The molecule has 0 aliphatic carbocycles.